The van der Waals surface area contributed by atoms with Crippen LogP contribution in [0.5, 0.6) is 5.75 Å². The molecule has 1 aromatic rings. The minimum Gasteiger partial charge on any atom is -0.497 e. The average Bonchev–Trinajstić information content (AvgIpc) is 2.78. The number of carbonyl (C=O) groups excluding carboxylic acids is 1. The van der Waals surface area contributed by atoms with Crippen LogP contribution in [0.1, 0.15) is 38.5 Å². The number of rotatable bonds is 1. The number of fused-ring (bicyclic) bond motifs is 1. The van der Waals surface area contributed by atoms with Crippen molar-refractivity contribution in [1.82, 2.24) is 0 Å². The maximum atomic E-state index is 12.7. The highest BCUT2D eigenvalue weighted by Gasteiger charge is 2.40. The van der Waals surface area contributed by atoms with E-state index in [2.05, 4.69) is 10.6 Å². The molecule has 2 aliphatic rings. The van der Waals surface area contributed by atoms with Crippen molar-refractivity contribution in [3.8, 4) is 5.75 Å². The number of ether oxygens (including phenoxy) is 1. The Morgan fingerprint density at radius 2 is 1.85 bits per heavy atom. The van der Waals surface area contributed by atoms with Crippen LogP contribution in [-0.4, -0.2) is 19.6 Å². The molecule has 0 saturated heterocycles. The van der Waals surface area contributed by atoms with Crippen LogP contribution >= 0.6 is 0 Å². The van der Waals surface area contributed by atoms with E-state index in [0.29, 0.717) is 0 Å². The third-order valence-electron chi connectivity index (χ3n) is 4.63. The Bertz CT molecular complexity index is 505. The fraction of sp³-hybridized carbons (Fsp3) is 0.562. The predicted molar refractivity (Wildman–Crippen MR) is 80.2 cm³/mol. The van der Waals surface area contributed by atoms with Crippen molar-refractivity contribution in [3.05, 3.63) is 18.2 Å². The summed E-state index contributed by atoms with van der Waals surface area (Å²) >= 11 is 0. The zero-order valence-corrected chi connectivity index (χ0v) is 12.0. The molecule has 0 bridgehead atoms. The van der Waals surface area contributed by atoms with Crippen molar-refractivity contribution in [1.29, 1.82) is 0 Å². The second-order valence-corrected chi connectivity index (χ2v) is 5.91. The summed E-state index contributed by atoms with van der Waals surface area (Å²) in [5.74, 6) is 0.984. The van der Waals surface area contributed by atoms with Gasteiger partial charge in [-0.15, -0.1) is 0 Å². The third kappa shape index (κ3) is 2.35. The molecule has 108 valence electrons. The van der Waals surface area contributed by atoms with E-state index in [-0.39, 0.29) is 11.3 Å². The first kappa shape index (κ1) is 13.3. The highest BCUT2D eigenvalue weighted by molar-refractivity contribution is 6.00. The summed E-state index contributed by atoms with van der Waals surface area (Å²) < 4.78 is 5.25. The standard InChI is InChI=1S/C16H22N2O2/c1-20-12-6-7-13-14(10-12)17-11-16(15(19)18-13)8-4-2-3-5-9-16/h6-7,10,17H,2-5,8-9,11H2,1H3,(H,18,19). The van der Waals surface area contributed by atoms with Crippen molar-refractivity contribution in [3.63, 3.8) is 0 Å². The highest BCUT2D eigenvalue weighted by atomic mass is 16.5. The number of benzene rings is 1. The Hall–Kier alpha value is -1.71. The summed E-state index contributed by atoms with van der Waals surface area (Å²) in [6.07, 6.45) is 6.75. The van der Waals surface area contributed by atoms with Crippen LogP contribution in [0.2, 0.25) is 0 Å². The van der Waals surface area contributed by atoms with Gasteiger partial charge in [0.05, 0.1) is 23.9 Å². The Balaban J connectivity index is 1.89. The number of carbonyl (C=O) groups is 1. The van der Waals surface area contributed by atoms with E-state index in [0.717, 1.165) is 49.4 Å². The van der Waals surface area contributed by atoms with E-state index in [4.69, 9.17) is 4.74 Å². The molecule has 1 heterocycles. The van der Waals surface area contributed by atoms with Crippen molar-refractivity contribution in [2.45, 2.75) is 38.5 Å². The summed E-state index contributed by atoms with van der Waals surface area (Å²) in [6, 6.07) is 5.74. The van der Waals surface area contributed by atoms with E-state index < -0.39 is 0 Å². The molecule has 0 atom stereocenters. The zero-order chi connectivity index (χ0) is 14.0. The van der Waals surface area contributed by atoms with Gasteiger partial charge in [0.15, 0.2) is 0 Å². The molecule has 1 aliphatic heterocycles. The maximum Gasteiger partial charge on any atom is 0.232 e. The molecule has 3 rings (SSSR count). The molecule has 4 nitrogen and oxygen atoms in total. The fourth-order valence-electron chi connectivity index (χ4n) is 3.31. The minimum atomic E-state index is -0.247. The molecule has 1 fully saturated rings. The van der Waals surface area contributed by atoms with Crippen LogP contribution in [0.3, 0.4) is 0 Å². The second-order valence-electron chi connectivity index (χ2n) is 5.91. The SMILES string of the molecule is COc1ccc2c(c1)NCC1(CCCCCC1)C(=O)N2. The molecule has 1 saturated carbocycles. The molecular formula is C16H22N2O2. The quantitative estimate of drug-likeness (QED) is 0.825. The number of anilines is 2. The lowest BCUT2D eigenvalue weighted by Gasteiger charge is -2.29. The molecule has 0 radical (unpaired) electrons. The van der Waals surface area contributed by atoms with E-state index in [1.165, 1.54) is 12.8 Å². The van der Waals surface area contributed by atoms with E-state index >= 15 is 0 Å². The zero-order valence-electron chi connectivity index (χ0n) is 12.0. The lowest BCUT2D eigenvalue weighted by atomic mass is 9.79. The molecular weight excluding hydrogens is 252 g/mol. The summed E-state index contributed by atoms with van der Waals surface area (Å²) in [5.41, 5.74) is 1.57. The fourth-order valence-corrected chi connectivity index (χ4v) is 3.31. The summed E-state index contributed by atoms with van der Waals surface area (Å²) in [5, 5.41) is 6.56. The van der Waals surface area contributed by atoms with Gasteiger partial charge in [-0.1, -0.05) is 25.7 Å². The van der Waals surface area contributed by atoms with Crippen molar-refractivity contribution in [2.24, 2.45) is 5.41 Å². The van der Waals surface area contributed by atoms with Gasteiger partial charge in [-0.2, -0.15) is 0 Å². The van der Waals surface area contributed by atoms with Gasteiger partial charge < -0.3 is 15.4 Å². The monoisotopic (exact) mass is 274 g/mol. The number of hydrogen-bond acceptors (Lipinski definition) is 3. The van der Waals surface area contributed by atoms with Crippen LogP contribution in [0, 0.1) is 5.41 Å². The molecule has 1 aliphatic carbocycles. The summed E-state index contributed by atoms with van der Waals surface area (Å²) in [6.45, 7) is 0.721. The van der Waals surface area contributed by atoms with Crippen LogP contribution in [-0.2, 0) is 4.79 Å². The molecule has 4 heteroatoms. The van der Waals surface area contributed by atoms with Crippen LogP contribution in [0.25, 0.3) is 0 Å². The lowest BCUT2D eigenvalue weighted by Crippen LogP contribution is -2.39. The van der Waals surface area contributed by atoms with Gasteiger partial charge in [0.1, 0.15) is 5.75 Å². The van der Waals surface area contributed by atoms with Gasteiger partial charge in [0.25, 0.3) is 0 Å². The number of methoxy groups -OCH3 is 1. The van der Waals surface area contributed by atoms with Crippen LogP contribution in [0.15, 0.2) is 18.2 Å². The maximum absolute atomic E-state index is 12.7. The molecule has 0 unspecified atom stereocenters. The Morgan fingerprint density at radius 1 is 1.10 bits per heavy atom. The summed E-state index contributed by atoms with van der Waals surface area (Å²) in [4.78, 5) is 12.7. The molecule has 1 amide bonds. The molecule has 1 spiro atoms. The van der Waals surface area contributed by atoms with E-state index in [9.17, 15) is 4.79 Å². The highest BCUT2D eigenvalue weighted by Crippen LogP contribution is 2.40. The Labute approximate surface area is 119 Å². The molecule has 1 aromatic carbocycles. The van der Waals surface area contributed by atoms with Crippen molar-refractivity contribution in [2.75, 3.05) is 24.3 Å². The minimum absolute atomic E-state index is 0.177. The average molecular weight is 274 g/mol. The number of nitrogens with one attached hydrogen (secondary N) is 2. The predicted octanol–water partition coefficient (Wildman–Crippen LogP) is 3.40. The first-order chi connectivity index (χ1) is 9.73. The van der Waals surface area contributed by atoms with Crippen molar-refractivity contribution >= 4 is 17.3 Å². The normalized spacial score (nSPS) is 21.1. The first-order valence-corrected chi connectivity index (χ1v) is 7.47. The Morgan fingerprint density at radius 3 is 2.55 bits per heavy atom. The van der Waals surface area contributed by atoms with Gasteiger partial charge in [0, 0.05) is 12.6 Å². The largest absolute Gasteiger partial charge is 0.497 e. The third-order valence-corrected chi connectivity index (χ3v) is 4.63. The smallest absolute Gasteiger partial charge is 0.232 e. The lowest BCUT2D eigenvalue weighted by molar-refractivity contribution is -0.125. The number of amides is 1. The van der Waals surface area contributed by atoms with Crippen LogP contribution < -0.4 is 15.4 Å². The van der Waals surface area contributed by atoms with Crippen LogP contribution in [0.4, 0.5) is 11.4 Å². The van der Waals surface area contributed by atoms with Gasteiger partial charge in [-0.3, -0.25) is 4.79 Å². The summed E-state index contributed by atoms with van der Waals surface area (Å²) in [7, 11) is 1.66. The molecule has 0 aromatic heterocycles. The van der Waals surface area contributed by atoms with Crippen molar-refractivity contribution < 1.29 is 9.53 Å². The topological polar surface area (TPSA) is 50.4 Å². The van der Waals surface area contributed by atoms with Gasteiger partial charge in [0.2, 0.25) is 5.91 Å². The molecule has 20 heavy (non-hydrogen) atoms. The molecule has 2 N–H and O–H groups in total. The Kier molecular flexibility index (Phi) is 3.55. The van der Waals surface area contributed by atoms with Gasteiger partial charge >= 0.3 is 0 Å². The second kappa shape index (κ2) is 5.35. The van der Waals surface area contributed by atoms with Gasteiger partial charge in [-0.05, 0) is 25.0 Å². The van der Waals surface area contributed by atoms with E-state index in [1.807, 2.05) is 18.2 Å². The van der Waals surface area contributed by atoms with E-state index in [1.54, 1.807) is 7.11 Å². The first-order valence-electron chi connectivity index (χ1n) is 7.47. The van der Waals surface area contributed by atoms with Gasteiger partial charge in [-0.25, -0.2) is 0 Å². The number of hydrogen-bond donors (Lipinski definition) is 2.